The number of hydrogen-bond donors (Lipinski definition) is 1. The van der Waals surface area contributed by atoms with Crippen LogP contribution in [0.25, 0.3) is 0 Å². The number of carbonyl (C=O) groups is 3. The maximum atomic E-state index is 12.3. The van der Waals surface area contributed by atoms with Gasteiger partial charge in [0.05, 0.1) is 6.61 Å². The molecular formula is C16H22N2O4. The third-order valence-electron chi connectivity index (χ3n) is 3.04. The molecule has 1 aromatic carbocycles. The van der Waals surface area contributed by atoms with Gasteiger partial charge >= 0.3 is 5.97 Å². The van der Waals surface area contributed by atoms with Crippen LogP contribution in [0.2, 0.25) is 0 Å². The number of nitrogens with one attached hydrogen (secondary N) is 1. The SMILES string of the molecule is CCOC(=O)CN(CC)C(=O)c1ccc(CNC(C)=O)cc1. The summed E-state index contributed by atoms with van der Waals surface area (Å²) in [7, 11) is 0. The summed E-state index contributed by atoms with van der Waals surface area (Å²) in [5.74, 6) is -0.742. The topological polar surface area (TPSA) is 75.7 Å². The Morgan fingerprint density at radius 1 is 1.14 bits per heavy atom. The fourth-order valence-electron chi connectivity index (χ4n) is 1.86. The summed E-state index contributed by atoms with van der Waals surface area (Å²) in [5, 5.41) is 2.69. The molecular weight excluding hydrogens is 284 g/mol. The highest BCUT2D eigenvalue weighted by molar-refractivity contribution is 5.96. The van der Waals surface area contributed by atoms with E-state index in [9.17, 15) is 14.4 Å². The molecule has 0 aliphatic carbocycles. The second kappa shape index (κ2) is 8.81. The van der Waals surface area contributed by atoms with Crippen LogP contribution in [-0.2, 0) is 20.9 Å². The van der Waals surface area contributed by atoms with Crippen LogP contribution in [0.15, 0.2) is 24.3 Å². The molecule has 0 saturated carbocycles. The van der Waals surface area contributed by atoms with Gasteiger partial charge in [0.15, 0.2) is 0 Å². The average molecular weight is 306 g/mol. The normalized spacial score (nSPS) is 9.95. The molecule has 0 aliphatic rings. The number of ether oxygens (including phenoxy) is 1. The molecule has 120 valence electrons. The first kappa shape index (κ1) is 17.7. The zero-order valence-electron chi connectivity index (χ0n) is 13.2. The summed E-state index contributed by atoms with van der Waals surface area (Å²) in [6.07, 6.45) is 0. The summed E-state index contributed by atoms with van der Waals surface area (Å²) >= 11 is 0. The molecule has 0 heterocycles. The van der Waals surface area contributed by atoms with E-state index in [1.54, 1.807) is 31.2 Å². The summed E-state index contributed by atoms with van der Waals surface area (Å²) in [4.78, 5) is 36.1. The predicted molar refractivity (Wildman–Crippen MR) is 82.2 cm³/mol. The third-order valence-corrected chi connectivity index (χ3v) is 3.04. The van der Waals surface area contributed by atoms with Gasteiger partial charge in [-0.1, -0.05) is 12.1 Å². The lowest BCUT2D eigenvalue weighted by Gasteiger charge is -2.20. The molecule has 22 heavy (non-hydrogen) atoms. The molecule has 0 atom stereocenters. The van der Waals surface area contributed by atoms with E-state index in [1.807, 2.05) is 6.92 Å². The Hall–Kier alpha value is -2.37. The number of nitrogens with zero attached hydrogens (tertiary/aromatic N) is 1. The van der Waals surface area contributed by atoms with E-state index < -0.39 is 5.97 Å². The Morgan fingerprint density at radius 3 is 2.27 bits per heavy atom. The minimum atomic E-state index is -0.417. The van der Waals surface area contributed by atoms with Crippen molar-refractivity contribution in [3.8, 4) is 0 Å². The fraction of sp³-hybridized carbons (Fsp3) is 0.438. The maximum absolute atomic E-state index is 12.3. The van der Waals surface area contributed by atoms with Crippen LogP contribution >= 0.6 is 0 Å². The number of rotatable bonds is 7. The van der Waals surface area contributed by atoms with Crippen molar-refractivity contribution in [1.82, 2.24) is 10.2 Å². The first-order valence-corrected chi connectivity index (χ1v) is 7.26. The highest BCUT2D eigenvalue weighted by atomic mass is 16.5. The Bertz CT molecular complexity index is 525. The molecule has 6 nitrogen and oxygen atoms in total. The van der Waals surface area contributed by atoms with E-state index in [0.29, 0.717) is 25.3 Å². The number of benzene rings is 1. The van der Waals surface area contributed by atoms with Crippen LogP contribution in [0.1, 0.15) is 36.7 Å². The first-order chi connectivity index (χ1) is 10.5. The van der Waals surface area contributed by atoms with Gasteiger partial charge in [-0.3, -0.25) is 14.4 Å². The summed E-state index contributed by atoms with van der Waals surface area (Å²) in [5.41, 5.74) is 1.40. The van der Waals surface area contributed by atoms with Crippen molar-refractivity contribution in [2.24, 2.45) is 0 Å². The van der Waals surface area contributed by atoms with Crippen molar-refractivity contribution in [2.75, 3.05) is 19.7 Å². The third kappa shape index (κ3) is 5.55. The number of carbonyl (C=O) groups excluding carboxylic acids is 3. The lowest BCUT2D eigenvalue weighted by molar-refractivity contribution is -0.143. The molecule has 0 radical (unpaired) electrons. The van der Waals surface area contributed by atoms with Crippen LogP contribution in [0.5, 0.6) is 0 Å². The standard InChI is InChI=1S/C16H22N2O4/c1-4-18(11-15(20)22-5-2)16(21)14-8-6-13(7-9-14)10-17-12(3)19/h6-9H,4-5,10-11H2,1-3H3,(H,17,19). The molecule has 2 amide bonds. The molecule has 0 bridgehead atoms. The van der Waals surface area contributed by atoms with Gasteiger partial charge in [-0.05, 0) is 31.5 Å². The zero-order chi connectivity index (χ0) is 16.5. The van der Waals surface area contributed by atoms with E-state index >= 15 is 0 Å². The number of esters is 1. The van der Waals surface area contributed by atoms with Crippen LogP contribution in [0, 0.1) is 0 Å². The van der Waals surface area contributed by atoms with Crippen LogP contribution < -0.4 is 5.32 Å². The van der Waals surface area contributed by atoms with Crippen molar-refractivity contribution < 1.29 is 19.1 Å². The summed E-state index contributed by atoms with van der Waals surface area (Å²) < 4.78 is 4.86. The van der Waals surface area contributed by atoms with Crippen LogP contribution in [-0.4, -0.2) is 42.4 Å². The van der Waals surface area contributed by atoms with Crippen molar-refractivity contribution in [3.05, 3.63) is 35.4 Å². The molecule has 0 spiro atoms. The lowest BCUT2D eigenvalue weighted by Crippen LogP contribution is -2.36. The Morgan fingerprint density at radius 2 is 1.77 bits per heavy atom. The van der Waals surface area contributed by atoms with Gasteiger partial charge in [-0.25, -0.2) is 0 Å². The number of amides is 2. The van der Waals surface area contributed by atoms with Gasteiger partial charge in [-0.15, -0.1) is 0 Å². The van der Waals surface area contributed by atoms with Gasteiger partial charge in [0.1, 0.15) is 6.54 Å². The largest absolute Gasteiger partial charge is 0.465 e. The van der Waals surface area contributed by atoms with Crippen LogP contribution in [0.4, 0.5) is 0 Å². The monoisotopic (exact) mass is 306 g/mol. The van der Waals surface area contributed by atoms with Crippen molar-refractivity contribution in [3.63, 3.8) is 0 Å². The second-order valence-corrected chi connectivity index (χ2v) is 4.73. The van der Waals surface area contributed by atoms with E-state index in [-0.39, 0.29) is 18.4 Å². The highest BCUT2D eigenvalue weighted by Crippen LogP contribution is 2.08. The second-order valence-electron chi connectivity index (χ2n) is 4.73. The molecule has 1 N–H and O–H groups in total. The number of likely N-dealkylation sites (N-methyl/N-ethyl adjacent to an activating group) is 1. The highest BCUT2D eigenvalue weighted by Gasteiger charge is 2.17. The van der Waals surface area contributed by atoms with E-state index in [0.717, 1.165) is 5.56 Å². The first-order valence-electron chi connectivity index (χ1n) is 7.26. The van der Waals surface area contributed by atoms with Gasteiger partial charge in [0, 0.05) is 25.6 Å². The maximum Gasteiger partial charge on any atom is 0.325 e. The van der Waals surface area contributed by atoms with Crippen molar-refractivity contribution >= 4 is 17.8 Å². The lowest BCUT2D eigenvalue weighted by atomic mass is 10.1. The van der Waals surface area contributed by atoms with Crippen molar-refractivity contribution in [2.45, 2.75) is 27.3 Å². The Kier molecular flexibility index (Phi) is 7.08. The Labute approximate surface area is 130 Å². The molecule has 1 rings (SSSR count). The minimum absolute atomic E-state index is 0.0587. The van der Waals surface area contributed by atoms with Gasteiger partial charge in [0.25, 0.3) is 5.91 Å². The predicted octanol–water partition coefficient (Wildman–Crippen LogP) is 1.35. The quantitative estimate of drug-likeness (QED) is 0.772. The zero-order valence-corrected chi connectivity index (χ0v) is 13.2. The van der Waals surface area contributed by atoms with Gasteiger partial charge in [0.2, 0.25) is 5.91 Å². The molecule has 0 aliphatic heterocycles. The molecule has 0 unspecified atom stereocenters. The van der Waals surface area contributed by atoms with Gasteiger partial charge in [-0.2, -0.15) is 0 Å². The Balaban J connectivity index is 2.70. The van der Waals surface area contributed by atoms with Crippen molar-refractivity contribution in [1.29, 1.82) is 0 Å². The molecule has 1 aromatic rings. The van der Waals surface area contributed by atoms with E-state index in [2.05, 4.69) is 5.32 Å². The van der Waals surface area contributed by atoms with E-state index in [1.165, 1.54) is 11.8 Å². The summed E-state index contributed by atoms with van der Waals surface area (Å²) in [6, 6.07) is 6.93. The molecule has 0 fully saturated rings. The minimum Gasteiger partial charge on any atom is -0.465 e. The smallest absolute Gasteiger partial charge is 0.325 e. The number of hydrogen-bond acceptors (Lipinski definition) is 4. The van der Waals surface area contributed by atoms with Crippen LogP contribution in [0.3, 0.4) is 0 Å². The molecule has 0 aromatic heterocycles. The molecule has 0 saturated heterocycles. The summed E-state index contributed by atoms with van der Waals surface area (Å²) in [6.45, 7) is 6.06. The van der Waals surface area contributed by atoms with E-state index in [4.69, 9.17) is 4.74 Å². The van der Waals surface area contributed by atoms with Gasteiger partial charge < -0.3 is 15.0 Å². The fourth-order valence-corrected chi connectivity index (χ4v) is 1.86. The molecule has 6 heteroatoms. The average Bonchev–Trinajstić information content (AvgIpc) is 2.50.